The molecule has 0 aromatic heterocycles. The Morgan fingerprint density at radius 1 is 1.45 bits per heavy atom. The predicted octanol–water partition coefficient (Wildman–Crippen LogP) is 0.261. The van der Waals surface area contributed by atoms with Crippen molar-refractivity contribution in [3.63, 3.8) is 0 Å². The van der Waals surface area contributed by atoms with E-state index < -0.39 is 6.04 Å². The van der Waals surface area contributed by atoms with Crippen LogP contribution in [-0.2, 0) is 4.79 Å². The average Bonchev–Trinajstić information content (AvgIpc) is 3.26. The van der Waals surface area contributed by atoms with Gasteiger partial charge in [0.25, 0.3) is 5.91 Å². The van der Waals surface area contributed by atoms with Gasteiger partial charge in [0.2, 0.25) is 5.91 Å². The van der Waals surface area contributed by atoms with Crippen LogP contribution >= 0.6 is 0 Å². The van der Waals surface area contributed by atoms with Crippen LogP contribution in [0.5, 0.6) is 5.75 Å². The van der Waals surface area contributed by atoms with Gasteiger partial charge in [0.15, 0.2) is 0 Å². The molecule has 3 rings (SSSR count). The van der Waals surface area contributed by atoms with E-state index >= 15 is 0 Å². The Hall–Kier alpha value is -2.08. The van der Waals surface area contributed by atoms with Crippen molar-refractivity contribution < 1.29 is 14.3 Å². The molecule has 1 heterocycles. The van der Waals surface area contributed by atoms with E-state index in [4.69, 9.17) is 10.5 Å². The van der Waals surface area contributed by atoms with E-state index in [1.165, 1.54) is 4.90 Å². The fourth-order valence-corrected chi connectivity index (χ4v) is 2.16. The highest BCUT2D eigenvalue weighted by atomic mass is 16.5. The summed E-state index contributed by atoms with van der Waals surface area (Å²) < 4.78 is 5.55. The van der Waals surface area contributed by atoms with Crippen molar-refractivity contribution in [2.45, 2.75) is 24.9 Å². The number of benzene rings is 1. The highest BCUT2D eigenvalue weighted by Gasteiger charge is 2.28. The van der Waals surface area contributed by atoms with E-state index in [1.54, 1.807) is 25.2 Å². The quantitative estimate of drug-likeness (QED) is 0.811. The Morgan fingerprint density at radius 3 is 2.90 bits per heavy atom. The second-order valence-corrected chi connectivity index (χ2v) is 5.24. The van der Waals surface area contributed by atoms with Crippen molar-refractivity contribution in [1.29, 1.82) is 0 Å². The Kier molecular flexibility index (Phi) is 3.10. The van der Waals surface area contributed by atoms with E-state index in [-0.39, 0.29) is 18.4 Å². The van der Waals surface area contributed by atoms with Gasteiger partial charge in [0.05, 0.1) is 5.69 Å². The van der Waals surface area contributed by atoms with Crippen molar-refractivity contribution in [3.8, 4) is 5.75 Å². The van der Waals surface area contributed by atoms with Crippen molar-refractivity contribution in [2.75, 3.05) is 18.6 Å². The van der Waals surface area contributed by atoms with Crippen LogP contribution in [0.15, 0.2) is 18.2 Å². The molecule has 0 saturated heterocycles. The topological polar surface area (TPSA) is 84.7 Å². The molecule has 2 amide bonds. The number of hydrogen-bond donors (Lipinski definition) is 2. The predicted molar refractivity (Wildman–Crippen MR) is 73.8 cm³/mol. The van der Waals surface area contributed by atoms with Gasteiger partial charge in [-0.05, 0) is 31.0 Å². The molecule has 1 atom stereocenters. The largest absolute Gasteiger partial charge is 0.489 e. The number of carbonyl (C=O) groups excluding carboxylic acids is 2. The number of anilines is 1. The first-order chi connectivity index (χ1) is 9.56. The zero-order valence-electron chi connectivity index (χ0n) is 11.3. The third-order valence-corrected chi connectivity index (χ3v) is 3.56. The maximum atomic E-state index is 12.0. The molecule has 6 heteroatoms. The molecule has 1 aromatic rings. The normalized spacial score (nSPS) is 21.8. The molecule has 1 saturated carbocycles. The molecule has 6 nitrogen and oxygen atoms in total. The molecule has 1 aliphatic heterocycles. The number of carbonyl (C=O) groups is 2. The first kappa shape index (κ1) is 12.9. The van der Waals surface area contributed by atoms with Crippen LogP contribution in [-0.4, -0.2) is 37.6 Å². The lowest BCUT2D eigenvalue weighted by Gasteiger charge is -2.17. The van der Waals surface area contributed by atoms with Crippen molar-refractivity contribution in [3.05, 3.63) is 23.8 Å². The van der Waals surface area contributed by atoms with Gasteiger partial charge in [-0.3, -0.25) is 9.59 Å². The summed E-state index contributed by atoms with van der Waals surface area (Å²) in [6.07, 6.45) is 2.08. The van der Waals surface area contributed by atoms with Crippen LogP contribution in [0.3, 0.4) is 0 Å². The summed E-state index contributed by atoms with van der Waals surface area (Å²) in [5, 5.41) is 2.92. The summed E-state index contributed by atoms with van der Waals surface area (Å²) in [7, 11) is 1.65. The first-order valence-electron chi connectivity index (χ1n) is 6.67. The van der Waals surface area contributed by atoms with Crippen LogP contribution in [0, 0.1) is 0 Å². The lowest BCUT2D eigenvalue weighted by Crippen LogP contribution is -2.43. The number of hydrogen-bond acceptors (Lipinski definition) is 4. The van der Waals surface area contributed by atoms with Crippen LogP contribution < -0.4 is 20.7 Å². The lowest BCUT2D eigenvalue weighted by atomic mass is 10.1. The smallest absolute Gasteiger partial charge is 0.251 e. The highest BCUT2D eigenvalue weighted by molar-refractivity contribution is 6.00. The molecule has 0 radical (unpaired) electrons. The summed E-state index contributed by atoms with van der Waals surface area (Å²) in [6.45, 7) is 0.115. The van der Waals surface area contributed by atoms with E-state index in [0.717, 1.165) is 12.8 Å². The molecular formula is C14H17N3O3. The average molecular weight is 275 g/mol. The van der Waals surface area contributed by atoms with Gasteiger partial charge in [0, 0.05) is 18.7 Å². The lowest BCUT2D eigenvalue weighted by molar-refractivity contribution is -0.119. The van der Waals surface area contributed by atoms with E-state index in [1.807, 2.05) is 0 Å². The fourth-order valence-electron chi connectivity index (χ4n) is 2.16. The second-order valence-electron chi connectivity index (χ2n) is 5.24. The minimum atomic E-state index is -0.684. The summed E-state index contributed by atoms with van der Waals surface area (Å²) >= 11 is 0. The number of nitrogens with two attached hydrogens (primary N) is 1. The third kappa shape index (κ3) is 2.34. The van der Waals surface area contributed by atoms with Gasteiger partial charge >= 0.3 is 0 Å². The van der Waals surface area contributed by atoms with Gasteiger partial charge in [-0.2, -0.15) is 0 Å². The molecule has 106 valence electrons. The van der Waals surface area contributed by atoms with Crippen LogP contribution in [0.4, 0.5) is 5.69 Å². The fraction of sp³-hybridized carbons (Fsp3) is 0.429. The number of rotatable bonds is 2. The number of nitrogens with zero attached hydrogens (tertiary/aromatic N) is 1. The Labute approximate surface area is 116 Å². The number of likely N-dealkylation sites (N-methyl/N-ethyl adjacent to an activating group) is 1. The second kappa shape index (κ2) is 4.79. The molecule has 0 unspecified atom stereocenters. The zero-order valence-corrected chi connectivity index (χ0v) is 11.3. The highest BCUT2D eigenvalue weighted by Crippen LogP contribution is 2.31. The molecule has 2 aliphatic rings. The molecule has 3 N–H and O–H groups in total. The van der Waals surface area contributed by atoms with Crippen LogP contribution in [0.1, 0.15) is 23.2 Å². The number of amides is 2. The summed E-state index contributed by atoms with van der Waals surface area (Å²) in [5.41, 5.74) is 6.89. The number of nitrogens with one attached hydrogen (secondary N) is 1. The monoisotopic (exact) mass is 275 g/mol. The molecule has 1 aromatic carbocycles. The van der Waals surface area contributed by atoms with Gasteiger partial charge < -0.3 is 20.7 Å². The minimum Gasteiger partial charge on any atom is -0.489 e. The Morgan fingerprint density at radius 2 is 2.20 bits per heavy atom. The van der Waals surface area contributed by atoms with Crippen LogP contribution in [0.2, 0.25) is 0 Å². The van der Waals surface area contributed by atoms with E-state index in [0.29, 0.717) is 23.0 Å². The maximum Gasteiger partial charge on any atom is 0.251 e. The summed E-state index contributed by atoms with van der Waals surface area (Å²) in [4.78, 5) is 25.4. The molecule has 0 spiro atoms. The SMILES string of the molecule is CN1C(=O)[C@@H](N)COc2cc(C(=O)NC3CC3)ccc21. The standard InChI is InChI=1S/C14H17N3O3/c1-17-11-5-2-8(13(18)16-9-3-4-9)6-12(11)20-7-10(15)14(17)19/h2,5-6,9-10H,3-4,7,15H2,1H3,(H,16,18)/t10-/m0/s1. The minimum absolute atomic E-state index is 0.110. The Balaban J connectivity index is 1.88. The first-order valence-corrected chi connectivity index (χ1v) is 6.67. The summed E-state index contributed by atoms with van der Waals surface area (Å²) in [5.74, 6) is 0.206. The number of fused-ring (bicyclic) bond motifs is 1. The van der Waals surface area contributed by atoms with Crippen molar-refractivity contribution in [1.82, 2.24) is 5.32 Å². The zero-order chi connectivity index (χ0) is 14.3. The molecule has 20 heavy (non-hydrogen) atoms. The van der Waals surface area contributed by atoms with Crippen LogP contribution in [0.25, 0.3) is 0 Å². The van der Waals surface area contributed by atoms with Gasteiger partial charge in [-0.15, -0.1) is 0 Å². The van der Waals surface area contributed by atoms with E-state index in [9.17, 15) is 9.59 Å². The third-order valence-electron chi connectivity index (χ3n) is 3.56. The maximum absolute atomic E-state index is 12.0. The molecule has 1 aliphatic carbocycles. The van der Waals surface area contributed by atoms with Gasteiger partial charge in [-0.25, -0.2) is 0 Å². The van der Waals surface area contributed by atoms with Crippen molar-refractivity contribution >= 4 is 17.5 Å². The molecule has 1 fully saturated rings. The van der Waals surface area contributed by atoms with E-state index in [2.05, 4.69) is 5.32 Å². The number of ether oxygens (including phenoxy) is 1. The van der Waals surface area contributed by atoms with Gasteiger partial charge in [0.1, 0.15) is 18.4 Å². The molecular weight excluding hydrogens is 258 g/mol. The Bertz CT molecular complexity index is 569. The van der Waals surface area contributed by atoms with Gasteiger partial charge in [-0.1, -0.05) is 0 Å². The molecule has 0 bridgehead atoms. The van der Waals surface area contributed by atoms with Crippen molar-refractivity contribution in [2.24, 2.45) is 5.73 Å². The summed E-state index contributed by atoms with van der Waals surface area (Å²) in [6, 6.07) is 4.69.